The molecule has 0 unspecified atom stereocenters. The SMILES string of the molecule is O=C(C1CCCCC1)N1CCN(S(=O)(=O)Cc2ccccc2)CC1. The summed E-state index contributed by atoms with van der Waals surface area (Å²) in [7, 11) is -3.32. The van der Waals surface area contributed by atoms with Gasteiger partial charge in [-0.05, 0) is 18.4 Å². The van der Waals surface area contributed by atoms with Crippen molar-refractivity contribution >= 4 is 15.9 Å². The molecule has 132 valence electrons. The number of hydrogen-bond acceptors (Lipinski definition) is 3. The minimum Gasteiger partial charge on any atom is -0.340 e. The Morgan fingerprint density at radius 3 is 2.21 bits per heavy atom. The molecule has 1 aliphatic carbocycles. The molecule has 0 atom stereocenters. The first-order chi connectivity index (χ1) is 11.6. The third kappa shape index (κ3) is 4.16. The van der Waals surface area contributed by atoms with Gasteiger partial charge < -0.3 is 4.90 Å². The summed E-state index contributed by atoms with van der Waals surface area (Å²) < 4.78 is 26.6. The van der Waals surface area contributed by atoms with E-state index >= 15 is 0 Å². The van der Waals surface area contributed by atoms with Gasteiger partial charge in [-0.25, -0.2) is 8.42 Å². The number of hydrogen-bond donors (Lipinski definition) is 0. The van der Waals surface area contributed by atoms with Gasteiger partial charge in [0.25, 0.3) is 0 Å². The summed E-state index contributed by atoms with van der Waals surface area (Å²) in [5.74, 6) is 0.422. The topological polar surface area (TPSA) is 57.7 Å². The van der Waals surface area contributed by atoms with E-state index in [1.165, 1.54) is 10.7 Å². The fraction of sp³-hybridized carbons (Fsp3) is 0.611. The van der Waals surface area contributed by atoms with Crippen LogP contribution in [0, 0.1) is 5.92 Å². The maximum Gasteiger partial charge on any atom is 0.225 e. The van der Waals surface area contributed by atoms with Gasteiger partial charge in [-0.3, -0.25) is 4.79 Å². The van der Waals surface area contributed by atoms with Gasteiger partial charge in [0.15, 0.2) is 0 Å². The molecule has 24 heavy (non-hydrogen) atoms. The van der Waals surface area contributed by atoms with Crippen LogP contribution in [0.5, 0.6) is 0 Å². The molecule has 2 fully saturated rings. The molecular weight excluding hydrogens is 324 g/mol. The van der Waals surface area contributed by atoms with Gasteiger partial charge in [-0.1, -0.05) is 49.6 Å². The van der Waals surface area contributed by atoms with E-state index in [4.69, 9.17) is 0 Å². The molecular formula is C18H26N2O3S. The Hall–Kier alpha value is -1.40. The summed E-state index contributed by atoms with van der Waals surface area (Å²) in [6, 6.07) is 9.25. The Bertz CT molecular complexity index is 646. The second-order valence-electron chi connectivity index (χ2n) is 6.80. The van der Waals surface area contributed by atoms with E-state index in [1.807, 2.05) is 35.2 Å². The lowest BCUT2D eigenvalue weighted by molar-refractivity contribution is -0.137. The van der Waals surface area contributed by atoms with E-state index in [9.17, 15) is 13.2 Å². The van der Waals surface area contributed by atoms with Crippen LogP contribution in [0.25, 0.3) is 0 Å². The van der Waals surface area contributed by atoms with Crippen LogP contribution < -0.4 is 0 Å². The van der Waals surface area contributed by atoms with Crippen molar-refractivity contribution in [2.24, 2.45) is 5.92 Å². The van der Waals surface area contributed by atoms with E-state index in [2.05, 4.69) is 0 Å². The zero-order chi connectivity index (χ0) is 17.0. The molecule has 0 spiro atoms. The van der Waals surface area contributed by atoms with Crippen molar-refractivity contribution in [2.45, 2.75) is 37.9 Å². The summed E-state index contributed by atoms with van der Waals surface area (Å²) in [5, 5.41) is 0. The molecule has 1 saturated heterocycles. The molecule has 2 aliphatic rings. The zero-order valence-electron chi connectivity index (χ0n) is 14.1. The van der Waals surface area contributed by atoms with Crippen LogP contribution in [0.2, 0.25) is 0 Å². The number of carbonyl (C=O) groups is 1. The number of amides is 1. The predicted molar refractivity (Wildman–Crippen MR) is 93.8 cm³/mol. The van der Waals surface area contributed by atoms with E-state index < -0.39 is 10.0 Å². The van der Waals surface area contributed by atoms with Crippen molar-refractivity contribution in [3.63, 3.8) is 0 Å². The van der Waals surface area contributed by atoms with Gasteiger partial charge in [-0.2, -0.15) is 4.31 Å². The average Bonchev–Trinajstić information content (AvgIpc) is 2.62. The fourth-order valence-corrected chi connectivity index (χ4v) is 5.19. The van der Waals surface area contributed by atoms with Crippen molar-refractivity contribution in [1.82, 2.24) is 9.21 Å². The highest BCUT2D eigenvalue weighted by atomic mass is 32.2. The van der Waals surface area contributed by atoms with Crippen molar-refractivity contribution in [3.8, 4) is 0 Å². The maximum absolute atomic E-state index is 12.6. The minimum atomic E-state index is -3.32. The van der Waals surface area contributed by atoms with Crippen LogP contribution in [-0.2, 0) is 20.6 Å². The van der Waals surface area contributed by atoms with Crippen LogP contribution in [0.15, 0.2) is 30.3 Å². The first-order valence-corrected chi connectivity index (χ1v) is 10.5. The largest absolute Gasteiger partial charge is 0.340 e. The molecule has 0 N–H and O–H groups in total. The van der Waals surface area contributed by atoms with E-state index in [0.717, 1.165) is 31.2 Å². The van der Waals surface area contributed by atoms with Crippen LogP contribution in [0.3, 0.4) is 0 Å². The van der Waals surface area contributed by atoms with Gasteiger partial charge >= 0.3 is 0 Å². The van der Waals surface area contributed by atoms with Crippen molar-refractivity contribution in [3.05, 3.63) is 35.9 Å². The summed E-state index contributed by atoms with van der Waals surface area (Å²) in [5.41, 5.74) is 0.804. The standard InChI is InChI=1S/C18H26N2O3S/c21-18(17-9-5-2-6-10-17)19-11-13-20(14-12-19)24(22,23)15-16-7-3-1-4-8-16/h1,3-4,7-8,17H,2,5-6,9-15H2. The molecule has 0 radical (unpaired) electrons. The fourth-order valence-electron chi connectivity index (χ4n) is 3.67. The molecule has 0 bridgehead atoms. The van der Waals surface area contributed by atoms with Gasteiger partial charge in [0.05, 0.1) is 5.75 Å². The van der Waals surface area contributed by atoms with E-state index in [0.29, 0.717) is 26.2 Å². The van der Waals surface area contributed by atoms with Gasteiger partial charge in [0.1, 0.15) is 0 Å². The van der Waals surface area contributed by atoms with Gasteiger partial charge in [0, 0.05) is 32.1 Å². The van der Waals surface area contributed by atoms with Gasteiger partial charge in [-0.15, -0.1) is 0 Å². The lowest BCUT2D eigenvalue weighted by atomic mass is 9.88. The van der Waals surface area contributed by atoms with Crippen molar-refractivity contribution in [1.29, 1.82) is 0 Å². The highest BCUT2D eigenvalue weighted by Crippen LogP contribution is 2.26. The summed E-state index contributed by atoms with van der Waals surface area (Å²) in [4.78, 5) is 14.4. The third-order valence-electron chi connectivity index (χ3n) is 5.09. The molecule has 1 amide bonds. The van der Waals surface area contributed by atoms with Crippen LogP contribution in [0.1, 0.15) is 37.7 Å². The quantitative estimate of drug-likeness (QED) is 0.837. The normalized spacial score (nSPS) is 20.9. The summed E-state index contributed by atoms with van der Waals surface area (Å²) >= 11 is 0. The van der Waals surface area contributed by atoms with Crippen LogP contribution in [-0.4, -0.2) is 49.7 Å². The number of piperazine rings is 1. The second-order valence-corrected chi connectivity index (χ2v) is 8.77. The molecule has 1 saturated carbocycles. The molecule has 1 aliphatic heterocycles. The lowest BCUT2D eigenvalue weighted by Crippen LogP contribution is -2.52. The van der Waals surface area contributed by atoms with E-state index in [1.54, 1.807) is 0 Å². The first kappa shape index (κ1) is 17.4. The maximum atomic E-state index is 12.6. The summed E-state index contributed by atoms with van der Waals surface area (Å²) in [6.45, 7) is 1.86. The smallest absolute Gasteiger partial charge is 0.225 e. The Labute approximate surface area is 144 Å². The highest BCUT2D eigenvalue weighted by Gasteiger charge is 2.32. The molecule has 0 aromatic heterocycles. The minimum absolute atomic E-state index is 0.0322. The summed E-state index contributed by atoms with van der Waals surface area (Å²) in [6.07, 6.45) is 5.50. The zero-order valence-corrected chi connectivity index (χ0v) is 14.9. The van der Waals surface area contributed by atoms with Crippen LogP contribution >= 0.6 is 0 Å². The Morgan fingerprint density at radius 2 is 1.58 bits per heavy atom. The average molecular weight is 350 g/mol. The molecule has 1 aromatic carbocycles. The number of benzene rings is 1. The first-order valence-electron chi connectivity index (χ1n) is 8.87. The van der Waals surface area contributed by atoms with Crippen molar-refractivity contribution in [2.75, 3.05) is 26.2 Å². The Morgan fingerprint density at radius 1 is 0.958 bits per heavy atom. The third-order valence-corrected chi connectivity index (χ3v) is 6.94. The molecule has 1 heterocycles. The lowest BCUT2D eigenvalue weighted by Gasteiger charge is -2.36. The Balaban J connectivity index is 1.55. The molecule has 1 aromatic rings. The molecule has 6 heteroatoms. The number of sulfonamides is 1. The highest BCUT2D eigenvalue weighted by molar-refractivity contribution is 7.88. The van der Waals surface area contributed by atoms with Crippen molar-refractivity contribution < 1.29 is 13.2 Å². The number of carbonyl (C=O) groups excluding carboxylic acids is 1. The number of rotatable bonds is 4. The monoisotopic (exact) mass is 350 g/mol. The second kappa shape index (κ2) is 7.66. The van der Waals surface area contributed by atoms with Crippen LogP contribution in [0.4, 0.5) is 0 Å². The van der Waals surface area contributed by atoms with Gasteiger partial charge in [0.2, 0.25) is 15.9 Å². The predicted octanol–water partition coefficient (Wildman–Crippen LogP) is 2.24. The van der Waals surface area contributed by atoms with E-state index in [-0.39, 0.29) is 17.6 Å². The molecule has 3 rings (SSSR count). The Kier molecular flexibility index (Phi) is 5.56. The number of nitrogens with zero attached hydrogens (tertiary/aromatic N) is 2. The molecule has 5 nitrogen and oxygen atoms in total.